The summed E-state index contributed by atoms with van der Waals surface area (Å²) in [6, 6.07) is 15.7. The number of carbonyl (C=O) groups is 3. The lowest BCUT2D eigenvalue weighted by Crippen LogP contribution is -2.27. The molecule has 0 atom stereocenters. The summed E-state index contributed by atoms with van der Waals surface area (Å²) in [7, 11) is 0. The molecular weight excluding hydrogens is 402 g/mol. The molecule has 152 valence electrons. The Morgan fingerprint density at radius 2 is 1.73 bits per heavy atom. The third kappa shape index (κ3) is 4.47. The second-order valence-electron chi connectivity index (χ2n) is 6.60. The van der Waals surface area contributed by atoms with E-state index in [4.69, 9.17) is 0 Å². The Bertz CT molecular complexity index is 1080. The normalized spacial score (nSPS) is 13.1. The van der Waals surface area contributed by atoms with Crippen LogP contribution in [0.3, 0.4) is 0 Å². The van der Waals surface area contributed by atoms with Gasteiger partial charge in [-0.3, -0.25) is 14.5 Å². The highest BCUT2D eigenvalue weighted by molar-refractivity contribution is 7.14. The van der Waals surface area contributed by atoms with E-state index in [1.165, 1.54) is 11.3 Å². The van der Waals surface area contributed by atoms with Gasteiger partial charge in [0.2, 0.25) is 5.91 Å². The van der Waals surface area contributed by atoms with Crippen molar-refractivity contribution in [2.75, 3.05) is 28.6 Å². The molecule has 0 radical (unpaired) electrons. The van der Waals surface area contributed by atoms with Crippen LogP contribution in [0.2, 0.25) is 0 Å². The first-order valence-corrected chi connectivity index (χ1v) is 10.2. The predicted molar refractivity (Wildman–Crippen MR) is 116 cm³/mol. The van der Waals surface area contributed by atoms with E-state index in [1.807, 2.05) is 6.07 Å². The summed E-state index contributed by atoms with van der Waals surface area (Å²) in [5.74, 6) is -0.524. The van der Waals surface area contributed by atoms with Crippen molar-refractivity contribution in [3.8, 4) is 0 Å². The number of thiazole rings is 1. The van der Waals surface area contributed by atoms with Crippen molar-refractivity contribution in [1.29, 1.82) is 0 Å². The molecule has 0 unspecified atom stereocenters. The van der Waals surface area contributed by atoms with Gasteiger partial charge in [-0.15, -0.1) is 11.3 Å². The number of anilines is 3. The zero-order valence-electron chi connectivity index (χ0n) is 15.9. The minimum atomic E-state index is -0.265. The van der Waals surface area contributed by atoms with Gasteiger partial charge >= 0.3 is 6.03 Å². The lowest BCUT2D eigenvalue weighted by atomic mass is 10.2. The molecule has 9 heteroatoms. The number of rotatable bonds is 6. The van der Waals surface area contributed by atoms with Crippen LogP contribution >= 0.6 is 11.3 Å². The lowest BCUT2D eigenvalue weighted by Gasteiger charge is -2.12. The topological polar surface area (TPSA) is 103 Å². The summed E-state index contributed by atoms with van der Waals surface area (Å²) >= 11 is 1.33. The number of para-hydroxylation sites is 2. The van der Waals surface area contributed by atoms with E-state index in [0.29, 0.717) is 40.9 Å². The van der Waals surface area contributed by atoms with Crippen LogP contribution in [-0.4, -0.2) is 35.9 Å². The van der Waals surface area contributed by atoms with Crippen LogP contribution in [0.5, 0.6) is 0 Å². The number of hydrogen-bond donors (Lipinski definition) is 3. The molecule has 2 heterocycles. The smallest absolute Gasteiger partial charge is 0.323 e. The van der Waals surface area contributed by atoms with Crippen LogP contribution in [0.1, 0.15) is 16.1 Å². The maximum Gasteiger partial charge on any atom is 0.323 e. The average Bonchev–Trinajstić information content (AvgIpc) is 3.38. The Morgan fingerprint density at radius 3 is 2.43 bits per heavy atom. The molecule has 1 saturated heterocycles. The molecule has 3 N–H and O–H groups in total. The van der Waals surface area contributed by atoms with Crippen LogP contribution in [0.4, 0.5) is 21.3 Å². The van der Waals surface area contributed by atoms with E-state index in [-0.39, 0.29) is 24.3 Å². The van der Waals surface area contributed by atoms with E-state index < -0.39 is 0 Å². The molecule has 3 aromatic rings. The molecule has 0 spiro atoms. The van der Waals surface area contributed by atoms with Crippen molar-refractivity contribution >= 4 is 45.7 Å². The molecule has 0 aliphatic carbocycles. The Kier molecular flexibility index (Phi) is 5.71. The van der Waals surface area contributed by atoms with Crippen LogP contribution < -0.4 is 20.9 Å². The van der Waals surface area contributed by atoms with Crippen molar-refractivity contribution in [2.24, 2.45) is 0 Å². The van der Waals surface area contributed by atoms with Gasteiger partial charge in [0.05, 0.1) is 23.5 Å². The first kappa shape index (κ1) is 19.6. The predicted octanol–water partition coefficient (Wildman–Crippen LogP) is 3.11. The summed E-state index contributed by atoms with van der Waals surface area (Å²) in [4.78, 5) is 42.6. The molecule has 1 fully saturated rings. The zero-order chi connectivity index (χ0) is 20.9. The van der Waals surface area contributed by atoms with Crippen LogP contribution in [0.25, 0.3) is 0 Å². The first-order valence-electron chi connectivity index (χ1n) is 9.35. The highest BCUT2D eigenvalue weighted by atomic mass is 32.1. The second-order valence-corrected chi connectivity index (χ2v) is 7.43. The van der Waals surface area contributed by atoms with Crippen LogP contribution in [0.15, 0.2) is 60.0 Å². The summed E-state index contributed by atoms with van der Waals surface area (Å²) in [5, 5.41) is 10.7. The van der Waals surface area contributed by atoms with Gasteiger partial charge in [0, 0.05) is 24.0 Å². The Morgan fingerprint density at radius 1 is 1.03 bits per heavy atom. The summed E-state index contributed by atoms with van der Waals surface area (Å²) in [6.45, 7) is 1.15. The van der Waals surface area contributed by atoms with E-state index in [0.717, 1.165) is 0 Å². The number of amides is 4. The molecular formula is C21H19N5O3S. The Hall–Kier alpha value is -3.72. The molecule has 8 nitrogen and oxygen atoms in total. The van der Waals surface area contributed by atoms with Gasteiger partial charge in [0.25, 0.3) is 5.91 Å². The fourth-order valence-corrected chi connectivity index (χ4v) is 3.85. The number of nitrogens with one attached hydrogen (secondary N) is 3. The number of urea groups is 1. The largest absolute Gasteiger partial charge is 0.336 e. The van der Waals surface area contributed by atoms with Gasteiger partial charge in [0.15, 0.2) is 5.13 Å². The average molecular weight is 421 g/mol. The van der Waals surface area contributed by atoms with Gasteiger partial charge in [-0.1, -0.05) is 30.3 Å². The van der Waals surface area contributed by atoms with Crippen LogP contribution in [-0.2, 0) is 11.2 Å². The third-order valence-corrected chi connectivity index (χ3v) is 5.37. The monoisotopic (exact) mass is 421 g/mol. The fourth-order valence-electron chi connectivity index (χ4n) is 3.00. The van der Waals surface area contributed by atoms with E-state index >= 15 is 0 Å². The van der Waals surface area contributed by atoms with Crippen molar-refractivity contribution < 1.29 is 14.4 Å². The SMILES string of the molecule is O=C(Cc1csc(N2CCNC2=O)n1)Nc1ccccc1NC(=O)c1ccccc1. The Labute approximate surface area is 176 Å². The van der Waals surface area contributed by atoms with E-state index in [9.17, 15) is 14.4 Å². The zero-order valence-corrected chi connectivity index (χ0v) is 16.7. The Balaban J connectivity index is 1.41. The van der Waals surface area contributed by atoms with Gasteiger partial charge in [-0.25, -0.2) is 9.78 Å². The summed E-state index contributed by atoms with van der Waals surface area (Å²) < 4.78 is 0. The van der Waals surface area contributed by atoms with Gasteiger partial charge in [0.1, 0.15) is 0 Å². The molecule has 30 heavy (non-hydrogen) atoms. The summed E-state index contributed by atoms with van der Waals surface area (Å²) in [5.41, 5.74) is 2.12. The van der Waals surface area contributed by atoms with Crippen LogP contribution in [0, 0.1) is 0 Å². The first-order chi connectivity index (χ1) is 14.6. The lowest BCUT2D eigenvalue weighted by molar-refractivity contribution is -0.115. The molecule has 4 amide bonds. The molecule has 1 aromatic heterocycles. The quantitative estimate of drug-likeness (QED) is 0.569. The summed E-state index contributed by atoms with van der Waals surface area (Å²) in [6.07, 6.45) is 0.0624. The number of benzene rings is 2. The maximum absolute atomic E-state index is 12.5. The third-order valence-electron chi connectivity index (χ3n) is 4.45. The maximum atomic E-state index is 12.5. The van der Waals surface area contributed by atoms with E-state index in [2.05, 4.69) is 20.9 Å². The molecule has 4 rings (SSSR count). The molecule has 2 aromatic carbocycles. The fraction of sp³-hybridized carbons (Fsp3) is 0.143. The number of nitrogens with zero attached hydrogens (tertiary/aromatic N) is 2. The molecule has 0 bridgehead atoms. The molecule has 1 aliphatic heterocycles. The van der Waals surface area contributed by atoms with E-state index in [1.54, 1.807) is 58.8 Å². The number of hydrogen-bond acceptors (Lipinski definition) is 5. The second kappa shape index (κ2) is 8.75. The minimum Gasteiger partial charge on any atom is -0.336 e. The highest BCUT2D eigenvalue weighted by Gasteiger charge is 2.24. The molecule has 0 saturated carbocycles. The van der Waals surface area contributed by atoms with Crippen molar-refractivity contribution in [2.45, 2.75) is 6.42 Å². The van der Waals surface area contributed by atoms with Crippen molar-refractivity contribution in [3.63, 3.8) is 0 Å². The minimum absolute atomic E-state index is 0.0624. The number of aromatic nitrogens is 1. The number of carbonyl (C=O) groups excluding carboxylic acids is 3. The highest BCUT2D eigenvalue weighted by Crippen LogP contribution is 2.24. The van der Waals surface area contributed by atoms with Crippen molar-refractivity contribution in [1.82, 2.24) is 10.3 Å². The van der Waals surface area contributed by atoms with Gasteiger partial charge < -0.3 is 16.0 Å². The van der Waals surface area contributed by atoms with Crippen molar-refractivity contribution in [3.05, 3.63) is 71.2 Å². The van der Waals surface area contributed by atoms with Gasteiger partial charge in [-0.2, -0.15) is 0 Å². The standard InChI is InChI=1S/C21H19N5O3S/c27-18(12-15-13-30-21(23-15)26-11-10-22-20(26)29)24-16-8-4-5-9-17(16)25-19(28)14-6-2-1-3-7-14/h1-9,13H,10-12H2,(H,22,29)(H,24,27)(H,25,28). The van der Waals surface area contributed by atoms with Gasteiger partial charge in [-0.05, 0) is 24.3 Å². The molecule has 1 aliphatic rings.